The lowest BCUT2D eigenvalue weighted by molar-refractivity contribution is 0.173. The van der Waals surface area contributed by atoms with Gasteiger partial charge in [0.15, 0.2) is 0 Å². The first-order chi connectivity index (χ1) is 8.31. The Balaban J connectivity index is 1.86. The number of hydrogen-bond acceptors (Lipinski definition) is 2. The van der Waals surface area contributed by atoms with E-state index in [4.69, 9.17) is 5.73 Å². The lowest BCUT2D eigenvalue weighted by Crippen LogP contribution is -2.49. The number of nitrogens with one attached hydrogen (secondary N) is 1. The molecule has 0 atom stereocenters. The van der Waals surface area contributed by atoms with Crippen LogP contribution in [0.2, 0.25) is 0 Å². The first kappa shape index (κ1) is 12.7. The standard InChI is InChI=1S/C13H25N3O/c14-9-10-16(12-7-3-4-8-12)13(17)15-11-5-1-2-6-11/h11-12H,1-10,14H2,(H,15,17). The van der Waals surface area contributed by atoms with E-state index in [1.54, 1.807) is 0 Å². The zero-order valence-corrected chi connectivity index (χ0v) is 10.7. The second-order valence-electron chi connectivity index (χ2n) is 5.35. The van der Waals surface area contributed by atoms with Gasteiger partial charge in [0.2, 0.25) is 0 Å². The van der Waals surface area contributed by atoms with Crippen molar-refractivity contribution in [3.63, 3.8) is 0 Å². The molecule has 0 aromatic rings. The highest BCUT2D eigenvalue weighted by Gasteiger charge is 2.27. The summed E-state index contributed by atoms with van der Waals surface area (Å²) in [6.45, 7) is 1.26. The summed E-state index contributed by atoms with van der Waals surface area (Å²) in [5, 5.41) is 3.17. The number of carbonyl (C=O) groups excluding carboxylic acids is 1. The molecule has 0 bridgehead atoms. The fourth-order valence-corrected chi connectivity index (χ4v) is 3.13. The predicted octanol–water partition coefficient (Wildman–Crippen LogP) is 1.84. The molecule has 98 valence electrons. The molecule has 2 amide bonds. The van der Waals surface area contributed by atoms with Crippen LogP contribution in [0.15, 0.2) is 0 Å². The molecule has 0 aromatic heterocycles. The molecule has 0 heterocycles. The number of carbonyl (C=O) groups is 1. The van der Waals surface area contributed by atoms with Gasteiger partial charge in [0.25, 0.3) is 0 Å². The Morgan fingerprint density at radius 3 is 2.29 bits per heavy atom. The largest absolute Gasteiger partial charge is 0.335 e. The molecule has 0 radical (unpaired) electrons. The minimum atomic E-state index is 0.120. The van der Waals surface area contributed by atoms with Gasteiger partial charge in [-0.15, -0.1) is 0 Å². The van der Waals surface area contributed by atoms with Gasteiger partial charge in [0, 0.05) is 25.2 Å². The molecule has 4 heteroatoms. The lowest BCUT2D eigenvalue weighted by Gasteiger charge is -2.30. The van der Waals surface area contributed by atoms with Crippen molar-refractivity contribution >= 4 is 6.03 Å². The van der Waals surface area contributed by atoms with Crippen molar-refractivity contribution in [1.29, 1.82) is 0 Å². The predicted molar refractivity (Wildman–Crippen MR) is 68.8 cm³/mol. The third-order valence-electron chi connectivity index (χ3n) is 4.08. The summed E-state index contributed by atoms with van der Waals surface area (Å²) >= 11 is 0. The second kappa shape index (κ2) is 6.24. The van der Waals surface area contributed by atoms with Gasteiger partial charge in [-0.1, -0.05) is 25.7 Å². The first-order valence-corrected chi connectivity index (χ1v) is 7.08. The van der Waals surface area contributed by atoms with Gasteiger partial charge < -0.3 is 16.0 Å². The molecule has 2 aliphatic carbocycles. The van der Waals surface area contributed by atoms with Gasteiger partial charge in [-0.25, -0.2) is 4.79 Å². The lowest BCUT2D eigenvalue weighted by atomic mass is 10.2. The molecule has 3 N–H and O–H groups in total. The van der Waals surface area contributed by atoms with Gasteiger partial charge in [0.1, 0.15) is 0 Å². The molecule has 0 saturated heterocycles. The van der Waals surface area contributed by atoms with Crippen LogP contribution in [0.5, 0.6) is 0 Å². The topological polar surface area (TPSA) is 58.4 Å². The van der Waals surface area contributed by atoms with Gasteiger partial charge >= 0.3 is 6.03 Å². The van der Waals surface area contributed by atoms with Crippen LogP contribution in [0.1, 0.15) is 51.4 Å². The summed E-state index contributed by atoms with van der Waals surface area (Å²) in [7, 11) is 0. The second-order valence-corrected chi connectivity index (χ2v) is 5.35. The minimum absolute atomic E-state index is 0.120. The fourth-order valence-electron chi connectivity index (χ4n) is 3.13. The summed E-state index contributed by atoms with van der Waals surface area (Å²) < 4.78 is 0. The van der Waals surface area contributed by atoms with Crippen molar-refractivity contribution in [1.82, 2.24) is 10.2 Å². The van der Waals surface area contributed by atoms with Gasteiger partial charge in [-0.05, 0) is 25.7 Å². The quantitative estimate of drug-likeness (QED) is 0.786. The van der Waals surface area contributed by atoms with E-state index >= 15 is 0 Å². The van der Waals surface area contributed by atoms with Crippen molar-refractivity contribution in [3.05, 3.63) is 0 Å². The van der Waals surface area contributed by atoms with Crippen LogP contribution in [0.25, 0.3) is 0 Å². The summed E-state index contributed by atoms with van der Waals surface area (Å²) in [6, 6.07) is 0.957. The van der Waals surface area contributed by atoms with E-state index < -0.39 is 0 Å². The van der Waals surface area contributed by atoms with Crippen molar-refractivity contribution in [2.45, 2.75) is 63.5 Å². The van der Waals surface area contributed by atoms with Gasteiger partial charge in [-0.2, -0.15) is 0 Å². The van der Waals surface area contributed by atoms with Crippen molar-refractivity contribution in [3.8, 4) is 0 Å². The van der Waals surface area contributed by atoms with Gasteiger partial charge in [-0.3, -0.25) is 0 Å². The molecule has 0 aromatic carbocycles. The maximum absolute atomic E-state index is 12.2. The fraction of sp³-hybridized carbons (Fsp3) is 0.923. The van der Waals surface area contributed by atoms with E-state index in [9.17, 15) is 4.79 Å². The molecular weight excluding hydrogens is 214 g/mol. The third-order valence-corrected chi connectivity index (χ3v) is 4.08. The SMILES string of the molecule is NCCN(C(=O)NC1CCCC1)C1CCCC1. The number of rotatable bonds is 4. The summed E-state index contributed by atoms with van der Waals surface area (Å²) in [4.78, 5) is 14.2. The highest BCUT2D eigenvalue weighted by atomic mass is 16.2. The van der Waals surface area contributed by atoms with Crippen LogP contribution in [-0.4, -0.2) is 36.1 Å². The number of nitrogens with two attached hydrogens (primary N) is 1. The number of nitrogens with zero attached hydrogens (tertiary/aromatic N) is 1. The molecule has 2 saturated carbocycles. The smallest absolute Gasteiger partial charge is 0.317 e. The highest BCUT2D eigenvalue weighted by molar-refractivity contribution is 5.75. The van der Waals surface area contributed by atoms with Crippen LogP contribution in [0.3, 0.4) is 0 Å². The minimum Gasteiger partial charge on any atom is -0.335 e. The Labute approximate surface area is 104 Å². The monoisotopic (exact) mass is 239 g/mol. The summed E-state index contributed by atoms with van der Waals surface area (Å²) in [5.74, 6) is 0. The molecule has 0 unspecified atom stereocenters. The van der Waals surface area contributed by atoms with E-state index in [2.05, 4.69) is 5.32 Å². The Morgan fingerprint density at radius 2 is 1.71 bits per heavy atom. The van der Waals surface area contributed by atoms with E-state index in [1.165, 1.54) is 25.7 Å². The first-order valence-electron chi connectivity index (χ1n) is 7.08. The van der Waals surface area contributed by atoms with Crippen molar-refractivity contribution in [2.24, 2.45) is 5.73 Å². The average Bonchev–Trinajstić information content (AvgIpc) is 2.97. The zero-order chi connectivity index (χ0) is 12.1. The molecular formula is C13H25N3O. The van der Waals surface area contributed by atoms with E-state index in [1.807, 2.05) is 4.90 Å². The highest BCUT2D eigenvalue weighted by Crippen LogP contribution is 2.24. The van der Waals surface area contributed by atoms with Crippen LogP contribution in [0.4, 0.5) is 4.79 Å². The maximum atomic E-state index is 12.2. The van der Waals surface area contributed by atoms with Crippen LogP contribution in [0, 0.1) is 0 Å². The van der Waals surface area contributed by atoms with Gasteiger partial charge in [0.05, 0.1) is 0 Å². The van der Waals surface area contributed by atoms with E-state index in [-0.39, 0.29) is 6.03 Å². The Morgan fingerprint density at radius 1 is 1.12 bits per heavy atom. The van der Waals surface area contributed by atoms with E-state index in [0.717, 1.165) is 25.7 Å². The zero-order valence-electron chi connectivity index (χ0n) is 10.7. The normalized spacial score (nSPS) is 21.9. The summed E-state index contributed by atoms with van der Waals surface area (Å²) in [5.41, 5.74) is 5.62. The molecule has 0 spiro atoms. The van der Waals surface area contributed by atoms with Crippen LogP contribution < -0.4 is 11.1 Å². The summed E-state index contributed by atoms with van der Waals surface area (Å²) in [6.07, 6.45) is 9.61. The van der Waals surface area contributed by atoms with Crippen molar-refractivity contribution < 1.29 is 4.79 Å². The Kier molecular flexibility index (Phi) is 4.66. The molecule has 2 aliphatic rings. The Bertz CT molecular complexity index is 245. The number of amides is 2. The van der Waals surface area contributed by atoms with Crippen molar-refractivity contribution in [2.75, 3.05) is 13.1 Å². The molecule has 17 heavy (non-hydrogen) atoms. The maximum Gasteiger partial charge on any atom is 0.317 e. The molecule has 4 nitrogen and oxygen atoms in total. The van der Waals surface area contributed by atoms with E-state index in [0.29, 0.717) is 25.2 Å². The third kappa shape index (κ3) is 3.35. The Hall–Kier alpha value is -0.770. The van der Waals surface area contributed by atoms with Crippen LogP contribution >= 0.6 is 0 Å². The average molecular weight is 239 g/mol. The molecule has 2 rings (SSSR count). The number of hydrogen-bond donors (Lipinski definition) is 2. The number of urea groups is 1. The van der Waals surface area contributed by atoms with Crippen LogP contribution in [-0.2, 0) is 0 Å². The molecule has 0 aliphatic heterocycles. The molecule has 2 fully saturated rings.